The molecule has 1 aliphatic rings. The first kappa shape index (κ1) is 29.4. The van der Waals surface area contributed by atoms with E-state index < -0.39 is 11.7 Å². The van der Waals surface area contributed by atoms with E-state index in [1.807, 2.05) is 90.0 Å². The number of thiocarbonyl (C=S) groups is 1. The molecule has 0 saturated carbocycles. The average molecular weight is 614 g/mol. The Morgan fingerprint density at radius 1 is 0.977 bits per heavy atom. The van der Waals surface area contributed by atoms with Gasteiger partial charge in [-0.1, -0.05) is 48.5 Å². The number of hydrogen-bond acceptors (Lipinski definition) is 3. The zero-order valence-corrected chi connectivity index (χ0v) is 24.9. The number of nitrogens with one attached hydrogen (secondary N) is 2. The molecule has 224 valence electrons. The molecule has 0 spiro atoms. The number of aryl methyl sites for hydroxylation is 1. The molecule has 44 heavy (non-hydrogen) atoms. The van der Waals surface area contributed by atoms with Gasteiger partial charge in [0.15, 0.2) is 5.11 Å². The van der Waals surface area contributed by atoms with Crippen LogP contribution in [0.3, 0.4) is 0 Å². The maximum absolute atomic E-state index is 13.6. The number of amides is 1. The van der Waals surface area contributed by atoms with Gasteiger partial charge in [-0.2, -0.15) is 13.2 Å². The van der Waals surface area contributed by atoms with E-state index in [0.29, 0.717) is 17.3 Å². The molecular formula is C34H30F3N5OS. The number of benzene rings is 3. The van der Waals surface area contributed by atoms with E-state index in [0.717, 1.165) is 51.2 Å². The number of aromatic nitrogens is 2. The van der Waals surface area contributed by atoms with Gasteiger partial charge in [-0.25, -0.2) is 0 Å². The van der Waals surface area contributed by atoms with Crippen LogP contribution in [-0.2, 0) is 11.0 Å². The summed E-state index contributed by atoms with van der Waals surface area (Å²) >= 11 is 5.80. The van der Waals surface area contributed by atoms with Gasteiger partial charge in [0.2, 0.25) is 5.91 Å². The van der Waals surface area contributed by atoms with E-state index in [9.17, 15) is 18.0 Å². The van der Waals surface area contributed by atoms with Crippen molar-refractivity contribution in [3.8, 4) is 5.69 Å². The topological polar surface area (TPSA) is 62.2 Å². The molecule has 0 unspecified atom stereocenters. The maximum Gasteiger partial charge on any atom is 0.416 e. The third-order valence-corrected chi connectivity index (χ3v) is 8.41. The SMILES string of the molecule is Cc1cc([C@@H]2[C@@H](c3ccccn3)NC(=S)N2CCC(=O)Nc2cccc3ccccc23)c(C)n1-c1cccc(C(F)(F)F)c1. The number of anilines is 1. The Labute approximate surface area is 258 Å². The lowest BCUT2D eigenvalue weighted by Crippen LogP contribution is -2.33. The number of halogens is 3. The Morgan fingerprint density at radius 2 is 1.73 bits per heavy atom. The second kappa shape index (κ2) is 11.8. The van der Waals surface area contributed by atoms with Gasteiger partial charge in [-0.15, -0.1) is 0 Å². The van der Waals surface area contributed by atoms with Gasteiger partial charge in [0, 0.05) is 47.3 Å². The number of fused-ring (bicyclic) bond motifs is 1. The monoisotopic (exact) mass is 613 g/mol. The third kappa shape index (κ3) is 5.65. The van der Waals surface area contributed by atoms with Gasteiger partial charge in [0.1, 0.15) is 0 Å². The lowest BCUT2D eigenvalue weighted by Gasteiger charge is -2.28. The Kier molecular flexibility index (Phi) is 7.85. The van der Waals surface area contributed by atoms with Gasteiger partial charge in [0.05, 0.1) is 23.3 Å². The molecule has 3 aromatic carbocycles. The van der Waals surface area contributed by atoms with Crippen LogP contribution >= 0.6 is 12.2 Å². The van der Waals surface area contributed by atoms with Gasteiger partial charge >= 0.3 is 6.18 Å². The van der Waals surface area contributed by atoms with Crippen molar-refractivity contribution in [2.75, 3.05) is 11.9 Å². The lowest BCUT2D eigenvalue weighted by atomic mass is 9.96. The summed E-state index contributed by atoms with van der Waals surface area (Å²) in [6, 6.07) is 25.9. The predicted molar refractivity (Wildman–Crippen MR) is 170 cm³/mol. The van der Waals surface area contributed by atoms with Crippen LogP contribution in [0.15, 0.2) is 97.2 Å². The van der Waals surface area contributed by atoms with E-state index in [2.05, 4.69) is 15.6 Å². The molecule has 0 radical (unpaired) electrons. The molecule has 3 heterocycles. The van der Waals surface area contributed by atoms with Crippen molar-refractivity contribution in [1.29, 1.82) is 0 Å². The predicted octanol–water partition coefficient (Wildman–Crippen LogP) is 7.66. The molecule has 2 atom stereocenters. The highest BCUT2D eigenvalue weighted by Gasteiger charge is 2.41. The van der Waals surface area contributed by atoms with Gasteiger partial charge < -0.3 is 20.1 Å². The summed E-state index contributed by atoms with van der Waals surface area (Å²) in [5.41, 5.74) is 3.67. The molecule has 2 aromatic heterocycles. The number of alkyl halides is 3. The zero-order chi connectivity index (χ0) is 31.0. The van der Waals surface area contributed by atoms with Crippen molar-refractivity contribution < 1.29 is 18.0 Å². The summed E-state index contributed by atoms with van der Waals surface area (Å²) in [4.78, 5) is 19.8. The molecule has 5 aromatic rings. The number of nitrogens with zero attached hydrogens (tertiary/aromatic N) is 3. The van der Waals surface area contributed by atoms with Crippen LogP contribution in [0, 0.1) is 13.8 Å². The van der Waals surface area contributed by atoms with Crippen molar-refractivity contribution in [3.05, 3.63) is 125 Å². The molecule has 1 saturated heterocycles. The highest BCUT2D eigenvalue weighted by Crippen LogP contribution is 2.42. The zero-order valence-electron chi connectivity index (χ0n) is 24.1. The molecule has 2 N–H and O–H groups in total. The Balaban J connectivity index is 1.32. The van der Waals surface area contributed by atoms with Gasteiger partial charge in [-0.05, 0) is 79.5 Å². The van der Waals surface area contributed by atoms with Gasteiger partial charge in [-0.3, -0.25) is 9.78 Å². The second-order valence-corrected chi connectivity index (χ2v) is 11.2. The molecule has 0 aliphatic carbocycles. The molecule has 6 rings (SSSR count). The van der Waals surface area contributed by atoms with E-state index >= 15 is 0 Å². The molecule has 10 heteroatoms. The van der Waals surface area contributed by atoms with Crippen molar-refractivity contribution in [3.63, 3.8) is 0 Å². The summed E-state index contributed by atoms with van der Waals surface area (Å²) in [6.07, 6.45) is -2.57. The lowest BCUT2D eigenvalue weighted by molar-refractivity contribution is -0.137. The quantitative estimate of drug-likeness (QED) is 0.185. The van der Waals surface area contributed by atoms with E-state index in [4.69, 9.17) is 12.2 Å². The summed E-state index contributed by atoms with van der Waals surface area (Å²) < 4.78 is 42.5. The Hall–Kier alpha value is -4.70. The number of pyridine rings is 1. The number of hydrogen-bond donors (Lipinski definition) is 2. The summed E-state index contributed by atoms with van der Waals surface area (Å²) in [5, 5.41) is 8.91. The summed E-state index contributed by atoms with van der Waals surface area (Å²) in [7, 11) is 0. The number of carbonyl (C=O) groups is 1. The van der Waals surface area contributed by atoms with Crippen LogP contribution in [0.5, 0.6) is 0 Å². The number of rotatable bonds is 7. The van der Waals surface area contributed by atoms with Crippen molar-refractivity contribution >= 4 is 39.7 Å². The van der Waals surface area contributed by atoms with Crippen LogP contribution < -0.4 is 10.6 Å². The smallest absolute Gasteiger partial charge is 0.352 e. The van der Waals surface area contributed by atoms with Crippen molar-refractivity contribution in [2.45, 2.75) is 38.5 Å². The van der Waals surface area contributed by atoms with Crippen LogP contribution in [0.25, 0.3) is 16.5 Å². The van der Waals surface area contributed by atoms with E-state index in [1.54, 1.807) is 12.3 Å². The van der Waals surface area contributed by atoms with Crippen LogP contribution in [0.1, 0.15) is 46.7 Å². The van der Waals surface area contributed by atoms with Crippen LogP contribution in [0.4, 0.5) is 18.9 Å². The molecule has 1 fully saturated rings. The highest BCUT2D eigenvalue weighted by atomic mass is 32.1. The third-order valence-electron chi connectivity index (χ3n) is 8.06. The summed E-state index contributed by atoms with van der Waals surface area (Å²) in [6.45, 7) is 4.09. The Morgan fingerprint density at radius 3 is 2.50 bits per heavy atom. The second-order valence-electron chi connectivity index (χ2n) is 10.9. The van der Waals surface area contributed by atoms with Crippen LogP contribution in [0.2, 0.25) is 0 Å². The first-order valence-corrected chi connectivity index (χ1v) is 14.6. The first-order valence-electron chi connectivity index (χ1n) is 14.2. The first-order chi connectivity index (χ1) is 21.1. The average Bonchev–Trinajstić information content (AvgIpc) is 3.50. The molecule has 6 nitrogen and oxygen atoms in total. The minimum Gasteiger partial charge on any atom is -0.352 e. The fraction of sp³-hybridized carbons (Fsp3) is 0.206. The molecule has 0 bridgehead atoms. The molecule has 1 amide bonds. The Bertz CT molecular complexity index is 1850. The van der Waals surface area contributed by atoms with Crippen molar-refractivity contribution in [1.82, 2.24) is 19.8 Å². The fourth-order valence-electron chi connectivity index (χ4n) is 6.06. The fourth-order valence-corrected chi connectivity index (χ4v) is 6.39. The summed E-state index contributed by atoms with van der Waals surface area (Å²) in [5.74, 6) is -0.154. The largest absolute Gasteiger partial charge is 0.416 e. The number of carbonyl (C=O) groups excluding carboxylic acids is 1. The van der Waals surface area contributed by atoms with Crippen molar-refractivity contribution in [2.24, 2.45) is 0 Å². The van der Waals surface area contributed by atoms with E-state index in [-0.39, 0.29) is 24.4 Å². The van der Waals surface area contributed by atoms with E-state index in [1.165, 1.54) is 6.07 Å². The highest BCUT2D eigenvalue weighted by molar-refractivity contribution is 7.80. The minimum atomic E-state index is -4.46. The van der Waals surface area contributed by atoms with Gasteiger partial charge in [0.25, 0.3) is 0 Å². The molecular weight excluding hydrogens is 583 g/mol. The minimum absolute atomic E-state index is 0.154. The molecule has 1 aliphatic heterocycles. The normalized spacial score (nSPS) is 16.8. The van der Waals surface area contributed by atoms with Crippen LogP contribution in [-0.4, -0.2) is 32.0 Å². The maximum atomic E-state index is 13.6. The standard InChI is InChI=1S/C34H30F3N5OS/c1-21-19-27(22(2)42(21)25-12-8-11-24(20-25)34(35,36)37)32-31(29-14-5-6-17-38-29)40-33(44)41(32)18-16-30(43)39-28-15-7-10-23-9-3-4-13-26(23)28/h3-15,17,19-20,31-32H,16,18H2,1-2H3,(H,39,43)(H,40,44)/t31-,32-/m1/s1.